The van der Waals surface area contributed by atoms with Crippen LogP contribution in [0.3, 0.4) is 0 Å². The van der Waals surface area contributed by atoms with E-state index in [1.165, 1.54) is 5.57 Å². The average molecular weight is 256 g/mol. The molecule has 0 saturated heterocycles. The van der Waals surface area contributed by atoms with E-state index >= 15 is 0 Å². The van der Waals surface area contributed by atoms with Crippen LogP contribution < -0.4 is 5.56 Å². The normalized spacial score (nSPS) is 11.1. The van der Waals surface area contributed by atoms with E-state index in [-0.39, 0.29) is 5.56 Å². The van der Waals surface area contributed by atoms with E-state index in [0.717, 1.165) is 11.1 Å². The lowest BCUT2D eigenvalue weighted by Gasteiger charge is -2.09. The molecule has 1 rings (SSSR count). The largest absolute Gasteiger partial charge is 0.319 e. The van der Waals surface area contributed by atoms with Crippen LogP contribution in [-0.4, -0.2) is 9.97 Å². The van der Waals surface area contributed by atoms with Gasteiger partial charge in [0.15, 0.2) is 0 Å². The Hall–Kier alpha value is -2.16. The molecule has 3 nitrogen and oxygen atoms in total. The quantitative estimate of drug-likeness (QED) is 0.836. The maximum Gasteiger partial charge on any atom is 0.269 e. The Morgan fingerprint density at radius 3 is 2.37 bits per heavy atom. The first-order valence-electron chi connectivity index (χ1n) is 6.11. The molecule has 1 aromatic heterocycles. The molecule has 0 atom stereocenters. The van der Waals surface area contributed by atoms with Gasteiger partial charge in [-0.15, -0.1) is 0 Å². The number of allylic oxidation sites excluding steroid dienone is 6. The monoisotopic (exact) mass is 256 g/mol. The summed E-state index contributed by atoms with van der Waals surface area (Å²) in [4.78, 5) is 18.9. The van der Waals surface area contributed by atoms with Gasteiger partial charge in [-0.25, -0.2) is 4.98 Å². The van der Waals surface area contributed by atoms with Crippen LogP contribution in [0.15, 0.2) is 41.8 Å². The second-order valence-electron chi connectivity index (χ2n) is 4.73. The summed E-state index contributed by atoms with van der Waals surface area (Å²) < 4.78 is 0. The maximum atomic E-state index is 11.7. The van der Waals surface area contributed by atoms with Gasteiger partial charge in [-0.05, 0) is 38.8 Å². The number of hydrogen-bond donors (Lipinski definition) is 1. The molecule has 0 aromatic carbocycles. The summed E-state index contributed by atoms with van der Waals surface area (Å²) in [6, 6.07) is 0. The van der Waals surface area contributed by atoms with Gasteiger partial charge in [0.25, 0.3) is 5.56 Å². The molecule has 0 aliphatic carbocycles. The minimum atomic E-state index is -0.190. The van der Waals surface area contributed by atoms with E-state index in [9.17, 15) is 4.79 Å². The van der Waals surface area contributed by atoms with Crippen LogP contribution in [0, 0.1) is 6.92 Å². The topological polar surface area (TPSA) is 45.8 Å². The number of nitrogens with one attached hydrogen (secondary N) is 1. The second kappa shape index (κ2) is 6.14. The molecular formula is C16H20N2O. The van der Waals surface area contributed by atoms with E-state index in [1.54, 1.807) is 13.0 Å². The van der Waals surface area contributed by atoms with Crippen LogP contribution in [-0.2, 0) is 0 Å². The summed E-state index contributed by atoms with van der Waals surface area (Å²) in [6.45, 7) is 15.3. The molecule has 1 heterocycles. The first kappa shape index (κ1) is 14.9. The van der Waals surface area contributed by atoms with Crippen LogP contribution in [0.2, 0.25) is 0 Å². The molecule has 0 amide bonds. The van der Waals surface area contributed by atoms with E-state index < -0.39 is 0 Å². The van der Waals surface area contributed by atoms with E-state index in [0.29, 0.717) is 17.1 Å². The molecule has 0 spiro atoms. The Morgan fingerprint density at radius 1 is 1.26 bits per heavy atom. The molecule has 0 bridgehead atoms. The Balaban J connectivity index is 3.55. The summed E-state index contributed by atoms with van der Waals surface area (Å²) in [5.41, 5.74) is 4.40. The molecule has 100 valence electrons. The second-order valence-corrected chi connectivity index (χ2v) is 4.73. The number of aromatic amines is 1. The molecular weight excluding hydrogens is 236 g/mol. The van der Waals surface area contributed by atoms with Gasteiger partial charge >= 0.3 is 0 Å². The zero-order chi connectivity index (χ0) is 14.6. The number of rotatable bonds is 4. The summed E-state index contributed by atoms with van der Waals surface area (Å²) >= 11 is 0. The average Bonchev–Trinajstić information content (AvgIpc) is 2.33. The van der Waals surface area contributed by atoms with Crippen molar-refractivity contribution in [3.05, 3.63) is 64.4 Å². The lowest BCUT2D eigenvalue weighted by atomic mass is 10.1. The fourth-order valence-corrected chi connectivity index (χ4v) is 1.57. The predicted octanol–water partition coefficient (Wildman–Crippen LogP) is 3.65. The molecule has 0 unspecified atom stereocenters. The number of aromatic nitrogens is 2. The molecule has 3 heteroatoms. The predicted molar refractivity (Wildman–Crippen MR) is 81.9 cm³/mol. The first-order chi connectivity index (χ1) is 8.86. The Morgan fingerprint density at radius 2 is 1.89 bits per heavy atom. The van der Waals surface area contributed by atoms with Crippen molar-refractivity contribution < 1.29 is 0 Å². The molecule has 0 radical (unpaired) electrons. The van der Waals surface area contributed by atoms with Crippen molar-refractivity contribution in [1.82, 2.24) is 9.97 Å². The van der Waals surface area contributed by atoms with Crippen LogP contribution in [0.5, 0.6) is 0 Å². The number of aryl methyl sites for hydroxylation is 1. The number of hydrogen-bond acceptors (Lipinski definition) is 2. The van der Waals surface area contributed by atoms with Gasteiger partial charge < -0.3 is 4.98 Å². The van der Waals surface area contributed by atoms with Gasteiger partial charge in [0.05, 0.1) is 11.4 Å². The standard InChI is InChI=1S/C16H20N2O/c1-7-13(9-8-10(2)3)15-14(11(4)5)17-12(6)16(19)18-15/h7-9H,1,4H2,2-3,5-6H3,(H,18,19)/b13-9+. The third-order valence-electron chi connectivity index (χ3n) is 2.59. The smallest absolute Gasteiger partial charge is 0.269 e. The van der Waals surface area contributed by atoms with E-state index in [1.807, 2.05) is 32.9 Å². The van der Waals surface area contributed by atoms with Gasteiger partial charge in [0, 0.05) is 0 Å². The summed E-state index contributed by atoms with van der Waals surface area (Å²) in [5.74, 6) is 0. The first-order valence-corrected chi connectivity index (χ1v) is 6.11. The van der Waals surface area contributed by atoms with Crippen molar-refractivity contribution in [1.29, 1.82) is 0 Å². The van der Waals surface area contributed by atoms with Crippen LogP contribution in [0.1, 0.15) is 37.9 Å². The molecule has 19 heavy (non-hydrogen) atoms. The van der Waals surface area contributed by atoms with Crippen molar-refractivity contribution in [2.45, 2.75) is 27.7 Å². The maximum absolute atomic E-state index is 11.7. The fraction of sp³-hybridized carbons (Fsp3) is 0.250. The van der Waals surface area contributed by atoms with Gasteiger partial charge in [-0.3, -0.25) is 4.79 Å². The number of nitrogens with zero attached hydrogens (tertiary/aromatic N) is 1. The third kappa shape index (κ3) is 3.65. The molecule has 0 saturated carbocycles. The Kier molecular flexibility index (Phi) is 4.81. The van der Waals surface area contributed by atoms with Gasteiger partial charge in [-0.1, -0.05) is 37.0 Å². The van der Waals surface area contributed by atoms with Crippen molar-refractivity contribution in [2.75, 3.05) is 0 Å². The highest BCUT2D eigenvalue weighted by molar-refractivity contribution is 5.79. The Labute approximate surface area is 114 Å². The van der Waals surface area contributed by atoms with Crippen LogP contribution in [0.25, 0.3) is 11.1 Å². The highest BCUT2D eigenvalue weighted by Crippen LogP contribution is 2.21. The van der Waals surface area contributed by atoms with Gasteiger partial charge in [0.1, 0.15) is 5.69 Å². The van der Waals surface area contributed by atoms with Crippen LogP contribution in [0.4, 0.5) is 0 Å². The molecule has 1 aromatic rings. The number of H-pyrrole nitrogens is 1. The highest BCUT2D eigenvalue weighted by Gasteiger charge is 2.10. The summed E-state index contributed by atoms with van der Waals surface area (Å²) in [7, 11) is 0. The van der Waals surface area contributed by atoms with Crippen molar-refractivity contribution in [2.24, 2.45) is 0 Å². The lowest BCUT2D eigenvalue weighted by Crippen LogP contribution is -2.16. The minimum Gasteiger partial charge on any atom is -0.319 e. The lowest BCUT2D eigenvalue weighted by molar-refractivity contribution is 1.02. The summed E-state index contributed by atoms with van der Waals surface area (Å²) in [5, 5.41) is 0. The molecule has 0 aliphatic rings. The zero-order valence-corrected chi connectivity index (χ0v) is 12.0. The van der Waals surface area contributed by atoms with E-state index in [4.69, 9.17) is 0 Å². The third-order valence-corrected chi connectivity index (χ3v) is 2.59. The zero-order valence-electron chi connectivity index (χ0n) is 12.0. The minimum absolute atomic E-state index is 0.190. The summed E-state index contributed by atoms with van der Waals surface area (Å²) in [6.07, 6.45) is 5.59. The molecule has 0 fully saturated rings. The molecule has 1 N–H and O–H groups in total. The Bertz CT molecular complexity index is 627. The highest BCUT2D eigenvalue weighted by atomic mass is 16.1. The van der Waals surface area contributed by atoms with Gasteiger partial charge in [-0.2, -0.15) is 0 Å². The fourth-order valence-electron chi connectivity index (χ4n) is 1.57. The van der Waals surface area contributed by atoms with Gasteiger partial charge in [0.2, 0.25) is 0 Å². The van der Waals surface area contributed by atoms with Crippen LogP contribution >= 0.6 is 0 Å². The van der Waals surface area contributed by atoms with Crippen molar-refractivity contribution in [3.63, 3.8) is 0 Å². The molecule has 0 aliphatic heterocycles. The van der Waals surface area contributed by atoms with E-state index in [2.05, 4.69) is 23.1 Å². The SMILES string of the molecule is C=C/C(=C\C=C(C)C)c1[nH]c(=O)c(C)nc1C(=C)C. The van der Waals surface area contributed by atoms with Crippen molar-refractivity contribution in [3.8, 4) is 0 Å². The van der Waals surface area contributed by atoms with Crippen molar-refractivity contribution >= 4 is 11.1 Å².